The minimum absolute atomic E-state index is 0.00247. The molecular weight excluding hydrogens is 900 g/mol. The van der Waals surface area contributed by atoms with E-state index in [9.17, 15) is 19.4 Å². The molecule has 71 heavy (non-hydrogen) atoms. The molecule has 0 aromatic rings. The summed E-state index contributed by atoms with van der Waals surface area (Å²) < 4.78 is 23.4. The molecule has 0 radical (unpaired) electrons. The predicted octanol–water partition coefficient (Wildman–Crippen LogP) is 17.9. The number of nitrogens with zero attached hydrogens (tertiary/aromatic N) is 1. The molecule has 0 saturated carbocycles. The topological polar surface area (TPSA) is 108 Å². The lowest BCUT2D eigenvalue weighted by Gasteiger charge is -2.29. The maximum atomic E-state index is 13.0. The number of allylic oxidation sites excluding steroid dienone is 9. The minimum Gasteiger partial charge on any atom is -0.756 e. The highest BCUT2D eigenvalue weighted by Crippen LogP contribution is 2.38. The molecule has 0 bridgehead atoms. The number of carbonyl (C=O) groups is 1. The second-order valence-electron chi connectivity index (χ2n) is 21.7. The fraction of sp³-hybridized carbons (Fsp3) is 0.823. The molecule has 0 aliphatic rings. The second-order valence-corrected chi connectivity index (χ2v) is 23.1. The summed E-state index contributed by atoms with van der Waals surface area (Å²) in [7, 11) is 1.26. The Bertz CT molecular complexity index is 1340. The Morgan fingerprint density at radius 2 is 0.859 bits per heavy atom. The molecule has 0 aromatic heterocycles. The van der Waals surface area contributed by atoms with Gasteiger partial charge in [0.05, 0.1) is 39.9 Å². The van der Waals surface area contributed by atoms with Crippen molar-refractivity contribution in [3.63, 3.8) is 0 Å². The molecule has 0 saturated heterocycles. The number of unbranched alkanes of at least 4 members (excludes halogenated alkanes) is 34. The molecule has 0 aromatic carbocycles. The standard InChI is InChI=1S/C62H117N2O6P/c1-6-8-10-12-14-16-18-20-22-24-26-28-30-32-34-36-38-40-42-44-46-48-50-52-54-56-62(66)63-60(59-70-71(67,68)69-58-57-64(3,4)5)61(65)55-53-51-49-47-45-43-41-39-37-35-33-31-29-27-25-23-21-19-17-15-13-11-9-7-2/h8,10,14,16,20,22,26,28,53,55,60-61,65H,6-7,9,11-13,15,17-19,21,23-25,27,29-52,54,56-59H2,1-5H3,(H-,63,66,67,68)/b10-8-,16-14-,22-20-,28-26-,55-53+. The summed E-state index contributed by atoms with van der Waals surface area (Å²) in [6.07, 6.45) is 71.5. The monoisotopic (exact) mass is 1020 g/mol. The Morgan fingerprint density at radius 1 is 0.507 bits per heavy atom. The third-order valence-electron chi connectivity index (χ3n) is 13.5. The van der Waals surface area contributed by atoms with Crippen LogP contribution < -0.4 is 10.2 Å². The molecule has 9 heteroatoms. The lowest BCUT2D eigenvalue weighted by Crippen LogP contribution is -2.45. The Morgan fingerprint density at radius 3 is 1.25 bits per heavy atom. The number of phosphoric acid groups is 1. The molecular formula is C62H117N2O6P. The van der Waals surface area contributed by atoms with Crippen molar-refractivity contribution >= 4 is 13.7 Å². The number of nitrogens with one attached hydrogen (secondary N) is 1. The van der Waals surface area contributed by atoms with E-state index in [1.165, 1.54) is 193 Å². The van der Waals surface area contributed by atoms with Crippen LogP contribution in [0.1, 0.15) is 277 Å². The van der Waals surface area contributed by atoms with Crippen LogP contribution in [0.3, 0.4) is 0 Å². The molecule has 1 amide bonds. The van der Waals surface area contributed by atoms with Gasteiger partial charge in [-0.25, -0.2) is 0 Å². The molecule has 2 N–H and O–H groups in total. The van der Waals surface area contributed by atoms with Crippen molar-refractivity contribution in [2.75, 3.05) is 40.9 Å². The van der Waals surface area contributed by atoms with E-state index in [0.717, 1.165) is 64.2 Å². The summed E-state index contributed by atoms with van der Waals surface area (Å²) in [4.78, 5) is 25.5. The zero-order valence-electron chi connectivity index (χ0n) is 47.4. The average molecular weight is 1020 g/mol. The number of quaternary nitrogens is 1. The summed E-state index contributed by atoms with van der Waals surface area (Å²) in [6, 6.07) is -0.891. The highest BCUT2D eigenvalue weighted by molar-refractivity contribution is 7.45. The highest BCUT2D eigenvalue weighted by Gasteiger charge is 2.23. The number of amides is 1. The van der Waals surface area contributed by atoms with Gasteiger partial charge in [-0.15, -0.1) is 0 Å². The van der Waals surface area contributed by atoms with Crippen molar-refractivity contribution in [3.8, 4) is 0 Å². The van der Waals surface area contributed by atoms with Gasteiger partial charge in [0.1, 0.15) is 13.2 Å². The first-order chi connectivity index (χ1) is 34.5. The largest absolute Gasteiger partial charge is 0.756 e. The maximum Gasteiger partial charge on any atom is 0.268 e. The van der Waals surface area contributed by atoms with E-state index < -0.39 is 20.0 Å². The zero-order valence-corrected chi connectivity index (χ0v) is 48.3. The molecule has 0 fully saturated rings. The number of rotatable bonds is 55. The van der Waals surface area contributed by atoms with E-state index >= 15 is 0 Å². The van der Waals surface area contributed by atoms with Gasteiger partial charge in [-0.2, -0.15) is 0 Å². The van der Waals surface area contributed by atoms with Crippen molar-refractivity contribution in [1.29, 1.82) is 0 Å². The first kappa shape index (κ1) is 69.2. The molecule has 0 spiro atoms. The Kier molecular flexibility index (Phi) is 51.7. The highest BCUT2D eigenvalue weighted by atomic mass is 31.2. The van der Waals surface area contributed by atoms with E-state index in [1.807, 2.05) is 27.2 Å². The van der Waals surface area contributed by atoms with Crippen molar-refractivity contribution < 1.29 is 32.9 Å². The fourth-order valence-electron chi connectivity index (χ4n) is 8.79. The SMILES string of the molecule is CC/C=C\C/C=C\C/C=C\C/C=C\CCCCCCCCCCCCCCC(=O)NC(COP(=O)([O-])OCC[N+](C)(C)C)C(O)/C=C/CCCCCCCCCCCCCCCCCCCCCCCC. The number of phosphoric ester groups is 1. The van der Waals surface area contributed by atoms with Crippen LogP contribution in [-0.2, 0) is 18.4 Å². The zero-order chi connectivity index (χ0) is 52.0. The number of aliphatic hydroxyl groups excluding tert-OH is 1. The molecule has 416 valence electrons. The van der Waals surface area contributed by atoms with Gasteiger partial charge in [0, 0.05) is 6.42 Å². The fourth-order valence-corrected chi connectivity index (χ4v) is 9.52. The molecule has 0 aliphatic heterocycles. The van der Waals surface area contributed by atoms with Gasteiger partial charge in [-0.3, -0.25) is 9.36 Å². The van der Waals surface area contributed by atoms with E-state index in [0.29, 0.717) is 17.4 Å². The lowest BCUT2D eigenvalue weighted by molar-refractivity contribution is -0.870. The van der Waals surface area contributed by atoms with Crippen LogP contribution in [0.2, 0.25) is 0 Å². The van der Waals surface area contributed by atoms with Crippen molar-refractivity contribution in [3.05, 3.63) is 60.8 Å². The van der Waals surface area contributed by atoms with Crippen LogP contribution in [-0.4, -0.2) is 68.5 Å². The molecule has 0 rings (SSSR count). The maximum absolute atomic E-state index is 13.0. The van der Waals surface area contributed by atoms with Crippen molar-refractivity contribution in [2.45, 2.75) is 289 Å². The quantitative estimate of drug-likeness (QED) is 0.0272. The first-order valence-electron chi connectivity index (χ1n) is 30.2. The van der Waals surface area contributed by atoms with Crippen LogP contribution in [0.5, 0.6) is 0 Å². The van der Waals surface area contributed by atoms with E-state index in [4.69, 9.17) is 9.05 Å². The Hall–Kier alpha value is -1.80. The Labute approximate surface area is 441 Å². The lowest BCUT2D eigenvalue weighted by atomic mass is 10.0. The van der Waals surface area contributed by atoms with Gasteiger partial charge < -0.3 is 28.8 Å². The molecule has 3 unspecified atom stereocenters. The summed E-state index contributed by atoms with van der Waals surface area (Å²) in [5.74, 6) is -0.198. The number of hydrogen-bond donors (Lipinski definition) is 2. The van der Waals surface area contributed by atoms with Gasteiger partial charge in [-0.1, -0.05) is 274 Å². The van der Waals surface area contributed by atoms with Crippen LogP contribution in [0, 0.1) is 0 Å². The second kappa shape index (κ2) is 53.0. The van der Waals surface area contributed by atoms with E-state index in [2.05, 4.69) is 67.8 Å². The normalized spacial score (nSPS) is 14.3. The van der Waals surface area contributed by atoms with Crippen molar-refractivity contribution in [2.24, 2.45) is 0 Å². The summed E-state index contributed by atoms with van der Waals surface area (Å²) in [5, 5.41) is 13.9. The minimum atomic E-state index is -4.60. The van der Waals surface area contributed by atoms with Gasteiger partial charge in [0.15, 0.2) is 0 Å². The first-order valence-corrected chi connectivity index (χ1v) is 31.6. The molecule has 8 nitrogen and oxygen atoms in total. The smallest absolute Gasteiger partial charge is 0.268 e. The number of hydrogen-bond acceptors (Lipinski definition) is 6. The summed E-state index contributed by atoms with van der Waals surface area (Å²) in [5.41, 5.74) is 0. The Balaban J connectivity index is 4.19. The van der Waals surface area contributed by atoms with Crippen LogP contribution in [0.15, 0.2) is 60.8 Å². The van der Waals surface area contributed by atoms with Crippen LogP contribution >= 0.6 is 7.82 Å². The number of carbonyl (C=O) groups excluding carboxylic acids is 1. The van der Waals surface area contributed by atoms with Gasteiger partial charge in [0.2, 0.25) is 5.91 Å². The number of likely N-dealkylation sites (N-methyl/N-ethyl adjacent to an activating group) is 1. The average Bonchev–Trinajstić information content (AvgIpc) is 3.33. The van der Waals surface area contributed by atoms with E-state index in [-0.39, 0.29) is 19.1 Å². The van der Waals surface area contributed by atoms with Gasteiger partial charge in [0.25, 0.3) is 7.82 Å². The molecule has 0 heterocycles. The third-order valence-corrected chi connectivity index (χ3v) is 14.4. The van der Waals surface area contributed by atoms with Crippen LogP contribution in [0.25, 0.3) is 0 Å². The third kappa shape index (κ3) is 55.8. The van der Waals surface area contributed by atoms with Crippen LogP contribution in [0.4, 0.5) is 0 Å². The predicted molar refractivity (Wildman–Crippen MR) is 307 cm³/mol. The van der Waals surface area contributed by atoms with Gasteiger partial charge in [-0.05, 0) is 57.8 Å². The summed E-state index contributed by atoms with van der Waals surface area (Å²) in [6.45, 7) is 4.57. The summed E-state index contributed by atoms with van der Waals surface area (Å²) >= 11 is 0. The van der Waals surface area contributed by atoms with Crippen molar-refractivity contribution in [1.82, 2.24) is 5.32 Å². The molecule has 0 aliphatic carbocycles. The van der Waals surface area contributed by atoms with E-state index in [1.54, 1.807) is 6.08 Å². The van der Waals surface area contributed by atoms with Gasteiger partial charge >= 0.3 is 0 Å². The molecule has 3 atom stereocenters. The number of aliphatic hydroxyl groups is 1.